The van der Waals surface area contributed by atoms with E-state index in [2.05, 4.69) is 0 Å². The third kappa shape index (κ3) is 1.58. The number of carbonyl (C=O) groups is 2. The van der Waals surface area contributed by atoms with E-state index in [1.807, 2.05) is 6.92 Å². The van der Waals surface area contributed by atoms with Crippen molar-refractivity contribution in [2.45, 2.75) is 45.4 Å². The summed E-state index contributed by atoms with van der Waals surface area (Å²) in [6, 6.07) is 0. The molecule has 2 aliphatic rings. The minimum Gasteiger partial charge on any atom is -0.466 e. The normalized spacial score (nSPS) is 30.0. The highest BCUT2D eigenvalue weighted by molar-refractivity contribution is 5.95. The molecule has 2 rings (SSSR count). The number of carbonyl (C=O) groups excluding carboxylic acids is 2. The van der Waals surface area contributed by atoms with Crippen LogP contribution in [-0.4, -0.2) is 18.9 Å². The van der Waals surface area contributed by atoms with Crippen molar-refractivity contribution in [2.75, 3.05) is 7.11 Å². The maximum Gasteiger partial charge on any atom is 0.333 e. The van der Waals surface area contributed by atoms with Gasteiger partial charge in [-0.1, -0.05) is 0 Å². The lowest BCUT2D eigenvalue weighted by atomic mass is 9.63. The summed E-state index contributed by atoms with van der Waals surface area (Å²) in [7, 11) is 1.41. The topological polar surface area (TPSA) is 43.4 Å². The summed E-state index contributed by atoms with van der Waals surface area (Å²) in [6.07, 6.45) is 4.99. The molecule has 0 aromatic carbocycles. The largest absolute Gasteiger partial charge is 0.466 e. The van der Waals surface area contributed by atoms with Gasteiger partial charge in [-0.25, -0.2) is 4.79 Å². The zero-order valence-electron chi connectivity index (χ0n) is 9.97. The van der Waals surface area contributed by atoms with E-state index >= 15 is 0 Å². The summed E-state index contributed by atoms with van der Waals surface area (Å²) < 4.78 is 4.81. The Morgan fingerprint density at radius 1 is 1.25 bits per heavy atom. The van der Waals surface area contributed by atoms with E-state index in [-0.39, 0.29) is 11.4 Å². The molecule has 16 heavy (non-hydrogen) atoms. The summed E-state index contributed by atoms with van der Waals surface area (Å²) in [5.41, 5.74) is 1.45. The Bertz CT molecular complexity index is 367. The number of methoxy groups -OCH3 is 1. The van der Waals surface area contributed by atoms with Crippen molar-refractivity contribution in [3.8, 4) is 0 Å². The fourth-order valence-corrected chi connectivity index (χ4v) is 3.04. The molecule has 0 aromatic rings. The highest BCUT2D eigenvalue weighted by atomic mass is 16.5. The van der Waals surface area contributed by atoms with Crippen LogP contribution in [0, 0.1) is 5.41 Å². The Morgan fingerprint density at radius 3 is 2.69 bits per heavy atom. The molecule has 0 saturated heterocycles. The van der Waals surface area contributed by atoms with Crippen LogP contribution in [0.1, 0.15) is 45.4 Å². The van der Waals surface area contributed by atoms with Gasteiger partial charge in [-0.05, 0) is 44.6 Å². The highest BCUT2D eigenvalue weighted by Crippen LogP contribution is 2.47. The number of rotatable bonds is 1. The van der Waals surface area contributed by atoms with Crippen molar-refractivity contribution in [3.05, 3.63) is 11.1 Å². The molecule has 2 aliphatic carbocycles. The van der Waals surface area contributed by atoms with Crippen LogP contribution in [0.2, 0.25) is 0 Å². The van der Waals surface area contributed by atoms with E-state index in [1.54, 1.807) is 0 Å². The molecule has 3 nitrogen and oxygen atoms in total. The molecule has 0 spiro atoms. The summed E-state index contributed by atoms with van der Waals surface area (Å²) >= 11 is 0. The second-order valence-corrected chi connectivity index (χ2v) is 4.91. The van der Waals surface area contributed by atoms with Gasteiger partial charge in [-0.3, -0.25) is 4.79 Å². The molecule has 1 fully saturated rings. The van der Waals surface area contributed by atoms with E-state index in [9.17, 15) is 9.59 Å². The van der Waals surface area contributed by atoms with E-state index in [1.165, 1.54) is 7.11 Å². The number of fused-ring (bicyclic) bond motifs is 1. The van der Waals surface area contributed by atoms with E-state index in [4.69, 9.17) is 4.74 Å². The molecule has 0 aromatic heterocycles. The van der Waals surface area contributed by atoms with Crippen LogP contribution >= 0.6 is 0 Å². The van der Waals surface area contributed by atoms with E-state index in [0.717, 1.165) is 43.3 Å². The van der Waals surface area contributed by atoms with Crippen molar-refractivity contribution in [2.24, 2.45) is 5.41 Å². The molecule has 0 N–H and O–H groups in total. The van der Waals surface area contributed by atoms with Crippen LogP contribution in [0.15, 0.2) is 11.1 Å². The van der Waals surface area contributed by atoms with Crippen molar-refractivity contribution in [3.63, 3.8) is 0 Å². The Kier molecular flexibility index (Phi) is 2.87. The molecule has 0 bridgehead atoms. The first-order chi connectivity index (χ1) is 7.59. The van der Waals surface area contributed by atoms with Crippen molar-refractivity contribution in [1.82, 2.24) is 0 Å². The zero-order valence-corrected chi connectivity index (χ0v) is 9.97. The molecule has 3 heteroatoms. The first-order valence-corrected chi connectivity index (χ1v) is 5.93. The molecule has 0 radical (unpaired) electrons. The average molecular weight is 222 g/mol. The van der Waals surface area contributed by atoms with Gasteiger partial charge in [0.2, 0.25) is 0 Å². The quantitative estimate of drug-likeness (QED) is 0.640. The molecular formula is C13H18O3. The van der Waals surface area contributed by atoms with Crippen LogP contribution in [0.5, 0.6) is 0 Å². The number of allylic oxidation sites excluding steroid dienone is 1. The third-order valence-corrected chi connectivity index (χ3v) is 4.01. The van der Waals surface area contributed by atoms with Crippen LogP contribution in [0.25, 0.3) is 0 Å². The predicted octanol–water partition coefficient (Wildman–Crippen LogP) is 2.40. The molecule has 1 saturated carbocycles. The Morgan fingerprint density at radius 2 is 2.00 bits per heavy atom. The number of esters is 1. The van der Waals surface area contributed by atoms with Crippen LogP contribution in [0.3, 0.4) is 0 Å². The predicted molar refractivity (Wildman–Crippen MR) is 59.9 cm³/mol. The number of hydrogen-bond donors (Lipinski definition) is 0. The minimum absolute atomic E-state index is 0.240. The number of ketones is 1. The molecular weight excluding hydrogens is 204 g/mol. The fraction of sp³-hybridized carbons (Fsp3) is 0.692. The van der Waals surface area contributed by atoms with Crippen LogP contribution in [-0.2, 0) is 14.3 Å². The summed E-state index contributed by atoms with van der Waals surface area (Å²) in [6.45, 7) is 1.99. The van der Waals surface area contributed by atoms with Crippen molar-refractivity contribution < 1.29 is 14.3 Å². The van der Waals surface area contributed by atoms with E-state index < -0.39 is 0 Å². The standard InChI is InChI=1S/C13H18O3/c1-13-8-4-5-9(12(15)16-2)10(13)6-3-7-11(13)14/h3-8H2,1-2H3/t13-/m1/s1. The third-order valence-electron chi connectivity index (χ3n) is 4.01. The van der Waals surface area contributed by atoms with Crippen LogP contribution in [0.4, 0.5) is 0 Å². The maximum absolute atomic E-state index is 12.0. The SMILES string of the molecule is COC(=O)C1=C2CCCC(=O)[C@]2(C)CCC1. The molecule has 0 amide bonds. The molecule has 1 atom stereocenters. The van der Waals surface area contributed by atoms with Gasteiger partial charge in [0.25, 0.3) is 0 Å². The first kappa shape index (κ1) is 11.4. The van der Waals surface area contributed by atoms with Gasteiger partial charge in [-0.2, -0.15) is 0 Å². The second kappa shape index (κ2) is 4.04. The Labute approximate surface area is 95.9 Å². The zero-order chi connectivity index (χ0) is 11.8. The Hall–Kier alpha value is -1.12. The lowest BCUT2D eigenvalue weighted by Gasteiger charge is -2.39. The minimum atomic E-state index is -0.375. The fourth-order valence-electron chi connectivity index (χ4n) is 3.04. The van der Waals surface area contributed by atoms with Gasteiger partial charge >= 0.3 is 5.97 Å². The smallest absolute Gasteiger partial charge is 0.333 e. The lowest BCUT2D eigenvalue weighted by molar-refractivity contribution is -0.136. The van der Waals surface area contributed by atoms with Gasteiger partial charge in [0.15, 0.2) is 0 Å². The molecule has 88 valence electrons. The number of Topliss-reactive ketones (excluding diaryl/α,β-unsaturated/α-hetero) is 1. The second-order valence-electron chi connectivity index (χ2n) is 4.91. The Balaban J connectivity index is 2.45. The number of ether oxygens (including phenoxy) is 1. The van der Waals surface area contributed by atoms with Gasteiger partial charge in [0.05, 0.1) is 7.11 Å². The maximum atomic E-state index is 12.0. The highest BCUT2D eigenvalue weighted by Gasteiger charge is 2.43. The summed E-state index contributed by atoms with van der Waals surface area (Å²) in [5.74, 6) is 0.0606. The van der Waals surface area contributed by atoms with Crippen LogP contribution < -0.4 is 0 Å². The van der Waals surface area contributed by atoms with Gasteiger partial charge < -0.3 is 4.74 Å². The summed E-state index contributed by atoms with van der Waals surface area (Å²) in [4.78, 5) is 23.7. The van der Waals surface area contributed by atoms with Crippen molar-refractivity contribution in [1.29, 1.82) is 0 Å². The monoisotopic (exact) mass is 222 g/mol. The number of hydrogen-bond acceptors (Lipinski definition) is 3. The van der Waals surface area contributed by atoms with Gasteiger partial charge in [0, 0.05) is 17.4 Å². The molecule has 0 heterocycles. The average Bonchev–Trinajstić information content (AvgIpc) is 2.29. The van der Waals surface area contributed by atoms with E-state index in [0.29, 0.717) is 12.2 Å². The van der Waals surface area contributed by atoms with Gasteiger partial charge in [0.1, 0.15) is 5.78 Å². The van der Waals surface area contributed by atoms with Gasteiger partial charge in [-0.15, -0.1) is 0 Å². The first-order valence-electron chi connectivity index (χ1n) is 5.93. The molecule has 0 unspecified atom stereocenters. The lowest BCUT2D eigenvalue weighted by Crippen LogP contribution is -2.37. The summed E-state index contributed by atoms with van der Waals surface area (Å²) in [5, 5.41) is 0. The van der Waals surface area contributed by atoms with Crippen molar-refractivity contribution >= 4 is 11.8 Å². The molecule has 0 aliphatic heterocycles.